The third kappa shape index (κ3) is 3.65. The third-order valence-electron chi connectivity index (χ3n) is 1.90. The zero-order chi connectivity index (χ0) is 13.1. The van der Waals surface area contributed by atoms with Crippen molar-refractivity contribution in [2.75, 3.05) is 7.11 Å². The van der Waals surface area contributed by atoms with Gasteiger partial charge in [0.2, 0.25) is 10.0 Å². The average Bonchev–Trinajstić information content (AvgIpc) is 2.27. The topological polar surface area (TPSA) is 85.4 Å². The van der Waals surface area contributed by atoms with Gasteiger partial charge in [-0.25, -0.2) is 13.4 Å². The van der Waals surface area contributed by atoms with E-state index in [2.05, 4.69) is 14.4 Å². The minimum atomic E-state index is -3.80. The fraction of sp³-hybridized carbons (Fsp3) is 0.333. The van der Waals surface area contributed by atoms with E-state index in [1.807, 2.05) is 0 Å². The lowest BCUT2D eigenvalue weighted by atomic mass is 10.4. The molecule has 1 unspecified atom stereocenters. The summed E-state index contributed by atoms with van der Waals surface area (Å²) in [6, 6.07) is 1.67. The Hall–Kier alpha value is -1.18. The van der Waals surface area contributed by atoms with Crippen LogP contribution in [0.15, 0.2) is 23.2 Å². The van der Waals surface area contributed by atoms with Gasteiger partial charge in [-0.3, -0.25) is 4.79 Å². The third-order valence-corrected chi connectivity index (χ3v) is 3.65. The first-order valence-corrected chi connectivity index (χ1v) is 6.44. The van der Waals surface area contributed by atoms with Gasteiger partial charge >= 0.3 is 5.97 Å². The van der Waals surface area contributed by atoms with Gasteiger partial charge in [0.25, 0.3) is 0 Å². The number of carbonyl (C=O) groups is 1. The van der Waals surface area contributed by atoms with Gasteiger partial charge in [-0.1, -0.05) is 11.6 Å². The summed E-state index contributed by atoms with van der Waals surface area (Å²) >= 11 is 5.54. The van der Waals surface area contributed by atoms with Crippen molar-refractivity contribution >= 4 is 27.6 Å². The fourth-order valence-electron chi connectivity index (χ4n) is 1.05. The minimum absolute atomic E-state index is 0.0716. The molecule has 1 aromatic heterocycles. The van der Waals surface area contributed by atoms with Crippen LogP contribution in [0.3, 0.4) is 0 Å². The lowest BCUT2D eigenvalue weighted by molar-refractivity contribution is -0.142. The minimum Gasteiger partial charge on any atom is -0.468 e. The number of sulfonamides is 1. The molecule has 1 atom stereocenters. The number of nitrogens with one attached hydrogen (secondary N) is 1. The van der Waals surface area contributed by atoms with Gasteiger partial charge in [-0.15, -0.1) is 0 Å². The van der Waals surface area contributed by atoms with Crippen LogP contribution in [0.1, 0.15) is 6.92 Å². The number of ether oxygens (including phenoxy) is 1. The highest BCUT2D eigenvalue weighted by atomic mass is 35.5. The second-order valence-corrected chi connectivity index (χ2v) is 5.28. The second-order valence-electron chi connectivity index (χ2n) is 3.18. The Morgan fingerprint density at radius 3 is 2.65 bits per heavy atom. The highest BCUT2D eigenvalue weighted by molar-refractivity contribution is 7.89. The van der Waals surface area contributed by atoms with Gasteiger partial charge in [0.05, 0.1) is 7.11 Å². The normalized spacial score (nSPS) is 13.1. The molecule has 1 aromatic rings. The van der Waals surface area contributed by atoms with E-state index in [0.29, 0.717) is 0 Å². The number of aromatic nitrogens is 1. The van der Waals surface area contributed by atoms with Crippen LogP contribution in [0.5, 0.6) is 0 Å². The van der Waals surface area contributed by atoms with Crippen LogP contribution < -0.4 is 4.72 Å². The van der Waals surface area contributed by atoms with Crippen LogP contribution >= 0.6 is 11.6 Å². The molecule has 0 aromatic carbocycles. The van der Waals surface area contributed by atoms with Crippen molar-refractivity contribution in [2.24, 2.45) is 0 Å². The maximum atomic E-state index is 11.8. The predicted molar refractivity (Wildman–Crippen MR) is 61.0 cm³/mol. The molecule has 0 radical (unpaired) electrons. The predicted octanol–water partition coefficient (Wildman–Crippen LogP) is 0.575. The molecule has 1 N–H and O–H groups in total. The molecule has 0 spiro atoms. The van der Waals surface area contributed by atoms with Gasteiger partial charge < -0.3 is 4.74 Å². The van der Waals surface area contributed by atoms with Crippen molar-refractivity contribution in [1.29, 1.82) is 0 Å². The maximum absolute atomic E-state index is 11.8. The molecule has 0 aliphatic heterocycles. The molecule has 17 heavy (non-hydrogen) atoms. The Morgan fingerprint density at radius 2 is 2.18 bits per heavy atom. The number of carbonyl (C=O) groups excluding carboxylic acids is 1. The van der Waals surface area contributed by atoms with Crippen molar-refractivity contribution in [3.63, 3.8) is 0 Å². The lowest BCUT2D eigenvalue weighted by Crippen LogP contribution is -2.39. The van der Waals surface area contributed by atoms with Crippen LogP contribution in [0.2, 0.25) is 5.15 Å². The van der Waals surface area contributed by atoms with Gasteiger partial charge in [-0.2, -0.15) is 4.72 Å². The first-order chi connectivity index (χ1) is 7.86. The molecular weight excluding hydrogens is 268 g/mol. The number of hydrogen-bond donors (Lipinski definition) is 1. The Kier molecular flexibility index (Phi) is 4.44. The Balaban J connectivity index is 2.89. The molecular formula is C9H11ClN2O4S. The molecule has 8 heteroatoms. The molecule has 1 rings (SSSR count). The van der Waals surface area contributed by atoms with Crippen LogP contribution in [0.25, 0.3) is 0 Å². The summed E-state index contributed by atoms with van der Waals surface area (Å²) in [4.78, 5) is 14.7. The van der Waals surface area contributed by atoms with Gasteiger partial charge in [0, 0.05) is 6.20 Å². The summed E-state index contributed by atoms with van der Waals surface area (Å²) in [5.74, 6) is -0.671. The largest absolute Gasteiger partial charge is 0.468 e. The Bertz CT molecular complexity index is 500. The van der Waals surface area contributed by atoms with Gasteiger partial charge in [0.1, 0.15) is 16.1 Å². The van der Waals surface area contributed by atoms with Crippen LogP contribution in [0, 0.1) is 0 Å². The van der Waals surface area contributed by atoms with Crippen LogP contribution in [-0.4, -0.2) is 32.5 Å². The summed E-state index contributed by atoms with van der Waals surface area (Å²) in [7, 11) is -2.63. The average molecular weight is 279 g/mol. The summed E-state index contributed by atoms with van der Waals surface area (Å²) in [5, 5.41) is 0.185. The molecule has 1 heterocycles. The summed E-state index contributed by atoms with van der Waals surface area (Å²) in [6.45, 7) is 1.38. The Morgan fingerprint density at radius 1 is 1.53 bits per heavy atom. The second kappa shape index (κ2) is 5.44. The molecule has 0 aliphatic rings. The van der Waals surface area contributed by atoms with E-state index < -0.39 is 22.0 Å². The molecule has 6 nitrogen and oxygen atoms in total. The maximum Gasteiger partial charge on any atom is 0.323 e. The van der Waals surface area contributed by atoms with Crippen molar-refractivity contribution in [1.82, 2.24) is 9.71 Å². The standard InChI is InChI=1S/C9H11ClN2O4S/c1-6(9(13)16-2)12-17(14,15)7-3-4-8(10)11-5-7/h3-6,12H,1-2H3. The van der Waals surface area contributed by atoms with Gasteiger partial charge in [-0.05, 0) is 19.1 Å². The number of rotatable bonds is 4. The molecule has 0 saturated carbocycles. The van der Waals surface area contributed by atoms with E-state index in [1.165, 1.54) is 26.2 Å². The monoisotopic (exact) mass is 278 g/mol. The highest BCUT2D eigenvalue weighted by Gasteiger charge is 2.22. The number of pyridine rings is 1. The van der Waals surface area contributed by atoms with Crippen molar-refractivity contribution in [2.45, 2.75) is 17.9 Å². The summed E-state index contributed by atoms with van der Waals surface area (Å²) < 4.78 is 30.1. The van der Waals surface area contributed by atoms with Gasteiger partial charge in [0.15, 0.2) is 0 Å². The smallest absolute Gasteiger partial charge is 0.323 e. The summed E-state index contributed by atoms with van der Waals surface area (Å²) in [5.41, 5.74) is 0. The zero-order valence-corrected chi connectivity index (χ0v) is 10.7. The van der Waals surface area contributed by atoms with E-state index in [4.69, 9.17) is 11.6 Å². The van der Waals surface area contributed by atoms with Crippen molar-refractivity contribution in [3.05, 3.63) is 23.5 Å². The number of methoxy groups -OCH3 is 1. The first kappa shape index (κ1) is 13.9. The molecule has 0 bridgehead atoms. The van der Waals surface area contributed by atoms with E-state index >= 15 is 0 Å². The molecule has 0 aliphatic carbocycles. The number of hydrogen-bond acceptors (Lipinski definition) is 5. The zero-order valence-electron chi connectivity index (χ0n) is 9.18. The van der Waals surface area contributed by atoms with E-state index in [-0.39, 0.29) is 10.0 Å². The van der Waals surface area contributed by atoms with E-state index in [0.717, 1.165) is 6.20 Å². The van der Waals surface area contributed by atoms with Crippen molar-refractivity contribution in [3.8, 4) is 0 Å². The molecule has 94 valence electrons. The summed E-state index contributed by atoms with van der Waals surface area (Å²) in [6.07, 6.45) is 1.11. The van der Waals surface area contributed by atoms with Crippen molar-refractivity contribution < 1.29 is 17.9 Å². The van der Waals surface area contributed by atoms with E-state index in [1.54, 1.807) is 0 Å². The van der Waals surface area contributed by atoms with Crippen LogP contribution in [0.4, 0.5) is 0 Å². The molecule has 0 amide bonds. The molecule has 0 fully saturated rings. The Labute approximate surface area is 104 Å². The lowest BCUT2D eigenvalue weighted by Gasteiger charge is -2.11. The number of halogens is 1. The SMILES string of the molecule is COC(=O)C(C)NS(=O)(=O)c1ccc(Cl)nc1. The fourth-order valence-corrected chi connectivity index (χ4v) is 2.30. The number of nitrogens with zero attached hydrogens (tertiary/aromatic N) is 1. The number of esters is 1. The van der Waals surface area contributed by atoms with E-state index in [9.17, 15) is 13.2 Å². The highest BCUT2D eigenvalue weighted by Crippen LogP contribution is 2.11. The van der Waals surface area contributed by atoms with Crippen LogP contribution in [-0.2, 0) is 19.6 Å². The quantitative estimate of drug-likeness (QED) is 0.643. The molecule has 0 saturated heterocycles. The first-order valence-electron chi connectivity index (χ1n) is 4.58.